The summed E-state index contributed by atoms with van der Waals surface area (Å²) in [5.74, 6) is 2.49. The standard InChI is InChI=1S/C19H26N4O2S/c1-18(2)12-7-8-19(18,3)14(10-12)20-15(24)11-26-17-22-21-16(23(17)4)13-6-5-9-25-13/h5-6,9,12,14H,7-8,10-11H2,1-4H3,(H,20,24)/t12-,14+,19-/m1/s1. The third-order valence-electron chi connectivity index (χ3n) is 7.04. The minimum Gasteiger partial charge on any atom is -0.461 e. The van der Waals surface area contributed by atoms with Crippen molar-refractivity contribution in [2.75, 3.05) is 5.75 Å². The predicted octanol–water partition coefficient (Wildman–Crippen LogP) is 3.50. The molecule has 140 valence electrons. The van der Waals surface area contributed by atoms with E-state index in [1.165, 1.54) is 24.6 Å². The van der Waals surface area contributed by atoms with Gasteiger partial charge in [-0.1, -0.05) is 32.5 Å². The summed E-state index contributed by atoms with van der Waals surface area (Å²) in [6.07, 6.45) is 5.21. The molecule has 0 radical (unpaired) electrons. The zero-order valence-electron chi connectivity index (χ0n) is 15.8. The van der Waals surface area contributed by atoms with E-state index >= 15 is 0 Å². The van der Waals surface area contributed by atoms with Gasteiger partial charge in [0, 0.05) is 13.1 Å². The van der Waals surface area contributed by atoms with E-state index in [0.29, 0.717) is 27.9 Å². The molecule has 0 aromatic carbocycles. The molecule has 3 atom stereocenters. The van der Waals surface area contributed by atoms with Crippen LogP contribution in [0, 0.1) is 16.7 Å². The molecular weight excluding hydrogens is 348 g/mol. The molecule has 0 aliphatic heterocycles. The van der Waals surface area contributed by atoms with E-state index in [0.717, 1.165) is 12.3 Å². The van der Waals surface area contributed by atoms with Gasteiger partial charge in [-0.25, -0.2) is 0 Å². The Hall–Kier alpha value is -1.76. The van der Waals surface area contributed by atoms with Gasteiger partial charge in [0.05, 0.1) is 12.0 Å². The number of hydrogen-bond donors (Lipinski definition) is 1. The summed E-state index contributed by atoms with van der Waals surface area (Å²) in [5, 5.41) is 12.4. The average molecular weight is 375 g/mol. The van der Waals surface area contributed by atoms with Crippen molar-refractivity contribution in [1.82, 2.24) is 20.1 Å². The van der Waals surface area contributed by atoms with Gasteiger partial charge in [-0.2, -0.15) is 0 Å². The topological polar surface area (TPSA) is 73.0 Å². The van der Waals surface area contributed by atoms with Crippen LogP contribution in [-0.4, -0.2) is 32.5 Å². The summed E-state index contributed by atoms with van der Waals surface area (Å²) in [6.45, 7) is 7.07. The zero-order chi connectivity index (χ0) is 18.5. The molecular formula is C19H26N4O2S. The highest BCUT2D eigenvalue weighted by Gasteiger charge is 2.61. The van der Waals surface area contributed by atoms with Gasteiger partial charge in [0.2, 0.25) is 5.91 Å². The van der Waals surface area contributed by atoms with Gasteiger partial charge in [0.15, 0.2) is 16.7 Å². The fraction of sp³-hybridized carbons (Fsp3) is 0.632. The molecule has 2 heterocycles. The Morgan fingerprint density at radius 1 is 1.42 bits per heavy atom. The smallest absolute Gasteiger partial charge is 0.230 e. The number of carbonyl (C=O) groups is 1. The summed E-state index contributed by atoms with van der Waals surface area (Å²) in [7, 11) is 1.89. The van der Waals surface area contributed by atoms with E-state index < -0.39 is 0 Å². The lowest BCUT2D eigenvalue weighted by Gasteiger charge is -2.39. The summed E-state index contributed by atoms with van der Waals surface area (Å²) >= 11 is 1.41. The van der Waals surface area contributed by atoms with Crippen molar-refractivity contribution in [2.24, 2.45) is 23.8 Å². The molecule has 2 aromatic heterocycles. The monoisotopic (exact) mass is 374 g/mol. The summed E-state index contributed by atoms with van der Waals surface area (Å²) in [6, 6.07) is 3.95. The molecule has 6 nitrogen and oxygen atoms in total. The van der Waals surface area contributed by atoms with Gasteiger partial charge >= 0.3 is 0 Å². The van der Waals surface area contributed by atoms with Crippen LogP contribution in [0.1, 0.15) is 40.0 Å². The third kappa shape index (κ3) is 2.59. The quantitative estimate of drug-likeness (QED) is 0.811. The molecule has 2 saturated carbocycles. The van der Waals surface area contributed by atoms with Crippen LogP contribution in [0.4, 0.5) is 0 Å². The van der Waals surface area contributed by atoms with Crippen LogP contribution in [-0.2, 0) is 11.8 Å². The van der Waals surface area contributed by atoms with Crippen LogP contribution in [0.2, 0.25) is 0 Å². The zero-order valence-corrected chi connectivity index (χ0v) is 16.6. The highest BCUT2D eigenvalue weighted by atomic mass is 32.2. The summed E-state index contributed by atoms with van der Waals surface area (Å²) in [5.41, 5.74) is 0.509. The van der Waals surface area contributed by atoms with Gasteiger partial charge in [-0.05, 0) is 48.1 Å². The van der Waals surface area contributed by atoms with Gasteiger partial charge in [-0.3, -0.25) is 4.79 Å². The largest absolute Gasteiger partial charge is 0.461 e. The molecule has 2 aliphatic rings. The highest BCUT2D eigenvalue weighted by molar-refractivity contribution is 7.99. The van der Waals surface area contributed by atoms with Crippen LogP contribution >= 0.6 is 11.8 Å². The maximum atomic E-state index is 12.5. The van der Waals surface area contributed by atoms with Gasteiger partial charge < -0.3 is 14.3 Å². The van der Waals surface area contributed by atoms with Crippen LogP contribution in [0.15, 0.2) is 28.0 Å². The number of nitrogens with one attached hydrogen (secondary N) is 1. The van der Waals surface area contributed by atoms with E-state index in [9.17, 15) is 4.79 Å². The number of carbonyl (C=O) groups excluding carboxylic acids is 1. The normalized spacial score (nSPS) is 29.2. The lowest BCUT2D eigenvalue weighted by Crippen LogP contribution is -2.47. The van der Waals surface area contributed by atoms with E-state index in [2.05, 4.69) is 36.3 Å². The predicted molar refractivity (Wildman–Crippen MR) is 101 cm³/mol. The SMILES string of the molecule is Cn1c(SCC(=O)N[C@H]2C[C@H]3CC[C@@]2(C)C3(C)C)nnc1-c1ccco1. The van der Waals surface area contributed by atoms with Crippen molar-refractivity contribution in [3.8, 4) is 11.6 Å². The second-order valence-corrected chi connectivity index (χ2v) is 9.30. The minimum absolute atomic E-state index is 0.0760. The maximum Gasteiger partial charge on any atom is 0.230 e. The first-order chi connectivity index (χ1) is 12.3. The molecule has 1 N–H and O–H groups in total. The maximum absolute atomic E-state index is 12.5. The number of rotatable bonds is 5. The average Bonchev–Trinajstić information content (AvgIpc) is 3.31. The highest BCUT2D eigenvalue weighted by Crippen LogP contribution is 2.65. The number of amides is 1. The fourth-order valence-corrected chi connectivity index (χ4v) is 5.57. The number of thioether (sulfide) groups is 1. The first-order valence-electron chi connectivity index (χ1n) is 9.18. The van der Waals surface area contributed by atoms with E-state index in [4.69, 9.17) is 4.42 Å². The Labute approximate surface area is 158 Å². The van der Waals surface area contributed by atoms with Crippen LogP contribution in [0.5, 0.6) is 0 Å². The second kappa shape index (κ2) is 6.15. The van der Waals surface area contributed by atoms with Gasteiger partial charge in [0.25, 0.3) is 0 Å². The Balaban J connectivity index is 1.37. The summed E-state index contributed by atoms with van der Waals surface area (Å²) in [4.78, 5) is 12.5. The fourth-order valence-electron chi connectivity index (χ4n) is 4.85. The van der Waals surface area contributed by atoms with Crippen molar-refractivity contribution >= 4 is 17.7 Å². The second-order valence-electron chi connectivity index (χ2n) is 8.36. The van der Waals surface area contributed by atoms with E-state index in [1.807, 2.05) is 23.7 Å². The molecule has 1 amide bonds. The van der Waals surface area contributed by atoms with Crippen LogP contribution in [0.25, 0.3) is 11.6 Å². The van der Waals surface area contributed by atoms with Crippen molar-refractivity contribution < 1.29 is 9.21 Å². The first kappa shape index (κ1) is 17.6. The Kier molecular flexibility index (Phi) is 4.17. The third-order valence-corrected chi connectivity index (χ3v) is 8.06. The Morgan fingerprint density at radius 3 is 2.85 bits per heavy atom. The molecule has 7 heteroatoms. The molecule has 0 spiro atoms. The molecule has 0 saturated heterocycles. The lowest BCUT2D eigenvalue weighted by atomic mass is 9.69. The van der Waals surface area contributed by atoms with Gasteiger partial charge in [0.1, 0.15) is 0 Å². The minimum atomic E-state index is 0.0760. The number of hydrogen-bond acceptors (Lipinski definition) is 5. The first-order valence-corrected chi connectivity index (χ1v) is 10.2. The number of aromatic nitrogens is 3. The Morgan fingerprint density at radius 2 is 2.23 bits per heavy atom. The number of fused-ring (bicyclic) bond motifs is 2. The van der Waals surface area contributed by atoms with Crippen LogP contribution in [0.3, 0.4) is 0 Å². The van der Waals surface area contributed by atoms with E-state index in [-0.39, 0.29) is 17.4 Å². The van der Waals surface area contributed by atoms with Crippen molar-refractivity contribution in [2.45, 2.75) is 51.2 Å². The number of nitrogens with zero attached hydrogens (tertiary/aromatic N) is 3. The molecule has 26 heavy (non-hydrogen) atoms. The summed E-state index contributed by atoms with van der Waals surface area (Å²) < 4.78 is 7.23. The van der Waals surface area contributed by atoms with Crippen molar-refractivity contribution in [3.63, 3.8) is 0 Å². The Bertz CT molecular complexity index is 814. The molecule has 2 fully saturated rings. The molecule has 2 aliphatic carbocycles. The van der Waals surface area contributed by atoms with Crippen molar-refractivity contribution in [1.29, 1.82) is 0 Å². The van der Waals surface area contributed by atoms with E-state index in [1.54, 1.807) is 6.26 Å². The lowest BCUT2D eigenvalue weighted by molar-refractivity contribution is -0.120. The molecule has 2 bridgehead atoms. The number of furan rings is 1. The van der Waals surface area contributed by atoms with Crippen molar-refractivity contribution in [3.05, 3.63) is 18.4 Å². The molecule has 2 aromatic rings. The van der Waals surface area contributed by atoms with Gasteiger partial charge in [-0.15, -0.1) is 10.2 Å². The molecule has 4 rings (SSSR count). The molecule has 0 unspecified atom stereocenters. The van der Waals surface area contributed by atoms with Crippen LogP contribution < -0.4 is 5.32 Å².